The van der Waals surface area contributed by atoms with Crippen molar-refractivity contribution in [2.75, 3.05) is 19.7 Å². The average molecular weight is 211 g/mol. The molecule has 0 heterocycles. The molecule has 0 saturated carbocycles. The van der Waals surface area contributed by atoms with Crippen LogP contribution in [0.2, 0.25) is 0 Å². The quantitative estimate of drug-likeness (QED) is 0.730. The Bertz CT molecular complexity index is 289. The number of hydrogen-bond acceptors (Lipinski definition) is 2. The fourth-order valence-electron chi connectivity index (χ4n) is 1.19. The van der Waals surface area contributed by atoms with E-state index in [1.165, 1.54) is 6.07 Å². The molecule has 0 aromatic heterocycles. The van der Waals surface area contributed by atoms with Crippen LogP contribution in [0.4, 0.5) is 4.39 Å². The number of rotatable bonds is 6. The fraction of sp³-hybridized carbons (Fsp3) is 0.500. The zero-order valence-electron chi connectivity index (χ0n) is 9.29. The summed E-state index contributed by atoms with van der Waals surface area (Å²) in [6, 6.07) is 6.45. The maximum absolute atomic E-state index is 13.1. The van der Waals surface area contributed by atoms with Gasteiger partial charge in [0.25, 0.3) is 0 Å². The largest absolute Gasteiger partial charge is 0.489 e. The van der Waals surface area contributed by atoms with Crippen molar-refractivity contribution in [3.63, 3.8) is 0 Å². The highest BCUT2D eigenvalue weighted by atomic mass is 19.1. The van der Waals surface area contributed by atoms with Crippen LogP contribution >= 0.6 is 0 Å². The first-order valence-corrected chi connectivity index (χ1v) is 5.28. The third-order valence-electron chi connectivity index (χ3n) is 1.93. The lowest BCUT2D eigenvalue weighted by Gasteiger charge is -2.09. The van der Waals surface area contributed by atoms with Crippen LogP contribution in [0, 0.1) is 11.7 Å². The summed E-state index contributed by atoms with van der Waals surface area (Å²) < 4.78 is 18.4. The van der Waals surface area contributed by atoms with E-state index in [0.29, 0.717) is 18.3 Å². The molecule has 0 aliphatic carbocycles. The zero-order chi connectivity index (χ0) is 11.1. The molecule has 0 atom stereocenters. The minimum atomic E-state index is -0.304. The predicted molar refractivity (Wildman–Crippen MR) is 59.6 cm³/mol. The van der Waals surface area contributed by atoms with Crippen molar-refractivity contribution >= 4 is 0 Å². The molecule has 2 nitrogen and oxygen atoms in total. The van der Waals surface area contributed by atoms with E-state index in [-0.39, 0.29) is 5.82 Å². The van der Waals surface area contributed by atoms with Crippen LogP contribution < -0.4 is 10.1 Å². The summed E-state index contributed by atoms with van der Waals surface area (Å²) in [4.78, 5) is 0. The molecule has 0 fully saturated rings. The highest BCUT2D eigenvalue weighted by Gasteiger charge is 2.00. The lowest BCUT2D eigenvalue weighted by Crippen LogP contribution is -2.25. The molecule has 0 radical (unpaired) electrons. The molecule has 0 unspecified atom stereocenters. The number of hydrogen-bond donors (Lipinski definition) is 1. The van der Waals surface area contributed by atoms with Crippen molar-refractivity contribution in [2.24, 2.45) is 5.92 Å². The van der Waals surface area contributed by atoms with Gasteiger partial charge in [0.1, 0.15) is 6.61 Å². The van der Waals surface area contributed by atoms with Crippen molar-refractivity contribution in [1.82, 2.24) is 5.32 Å². The Labute approximate surface area is 90.4 Å². The highest BCUT2D eigenvalue weighted by molar-refractivity contribution is 5.23. The Hall–Kier alpha value is -1.09. The molecule has 1 aromatic rings. The first-order valence-electron chi connectivity index (χ1n) is 5.28. The first-order chi connectivity index (χ1) is 7.20. The van der Waals surface area contributed by atoms with E-state index in [2.05, 4.69) is 19.2 Å². The normalized spacial score (nSPS) is 10.7. The molecular formula is C12H18FNO. The van der Waals surface area contributed by atoms with Crippen LogP contribution in [-0.4, -0.2) is 19.7 Å². The summed E-state index contributed by atoms with van der Waals surface area (Å²) >= 11 is 0. The smallest absolute Gasteiger partial charge is 0.165 e. The number of nitrogens with one attached hydrogen (secondary N) is 1. The number of para-hydroxylation sites is 1. The first kappa shape index (κ1) is 12.0. The van der Waals surface area contributed by atoms with E-state index in [9.17, 15) is 4.39 Å². The Morgan fingerprint density at radius 3 is 2.73 bits per heavy atom. The minimum Gasteiger partial charge on any atom is -0.489 e. The Morgan fingerprint density at radius 2 is 2.07 bits per heavy atom. The molecule has 0 amide bonds. The van der Waals surface area contributed by atoms with E-state index in [0.717, 1.165) is 13.1 Å². The van der Waals surface area contributed by atoms with E-state index in [1.54, 1.807) is 18.2 Å². The second kappa shape index (κ2) is 6.40. The lowest BCUT2D eigenvalue weighted by molar-refractivity contribution is 0.296. The Balaban J connectivity index is 2.18. The van der Waals surface area contributed by atoms with Gasteiger partial charge in [-0.3, -0.25) is 0 Å². The third-order valence-corrected chi connectivity index (χ3v) is 1.93. The maximum Gasteiger partial charge on any atom is 0.165 e. The van der Waals surface area contributed by atoms with Crippen LogP contribution in [0.1, 0.15) is 13.8 Å². The van der Waals surface area contributed by atoms with Crippen LogP contribution in [0.25, 0.3) is 0 Å². The van der Waals surface area contributed by atoms with E-state index in [4.69, 9.17) is 4.74 Å². The molecule has 0 bridgehead atoms. The molecule has 0 saturated heterocycles. The van der Waals surface area contributed by atoms with Crippen molar-refractivity contribution in [3.05, 3.63) is 30.1 Å². The number of halogens is 1. The van der Waals surface area contributed by atoms with Gasteiger partial charge in [-0.2, -0.15) is 0 Å². The molecule has 1 aromatic carbocycles. The summed E-state index contributed by atoms with van der Waals surface area (Å²) in [6.45, 7) is 6.48. The van der Waals surface area contributed by atoms with Crippen LogP contribution in [0.15, 0.2) is 24.3 Å². The second-order valence-corrected chi connectivity index (χ2v) is 3.88. The van der Waals surface area contributed by atoms with E-state index >= 15 is 0 Å². The van der Waals surface area contributed by atoms with Gasteiger partial charge < -0.3 is 10.1 Å². The molecule has 84 valence electrons. The van der Waals surface area contributed by atoms with Crippen LogP contribution in [-0.2, 0) is 0 Å². The molecule has 3 heteroatoms. The third kappa shape index (κ3) is 4.79. The van der Waals surface area contributed by atoms with Crippen LogP contribution in [0.3, 0.4) is 0 Å². The van der Waals surface area contributed by atoms with Gasteiger partial charge in [0.2, 0.25) is 0 Å². The van der Waals surface area contributed by atoms with Gasteiger partial charge in [0.05, 0.1) is 0 Å². The summed E-state index contributed by atoms with van der Waals surface area (Å²) in [5.41, 5.74) is 0. The summed E-state index contributed by atoms with van der Waals surface area (Å²) in [6.07, 6.45) is 0. The fourth-order valence-corrected chi connectivity index (χ4v) is 1.19. The topological polar surface area (TPSA) is 21.3 Å². The standard InChI is InChI=1S/C12H18FNO/c1-10(2)9-14-7-8-15-12-6-4-3-5-11(12)13/h3-6,10,14H,7-9H2,1-2H3. The number of ether oxygens (including phenoxy) is 1. The molecule has 0 spiro atoms. The summed E-state index contributed by atoms with van der Waals surface area (Å²) in [5, 5.41) is 3.23. The number of benzene rings is 1. The van der Waals surface area contributed by atoms with Gasteiger partial charge in [0, 0.05) is 6.54 Å². The maximum atomic E-state index is 13.1. The lowest BCUT2D eigenvalue weighted by atomic mass is 10.2. The van der Waals surface area contributed by atoms with Gasteiger partial charge in [-0.1, -0.05) is 26.0 Å². The summed E-state index contributed by atoms with van der Waals surface area (Å²) in [7, 11) is 0. The molecule has 1 N–H and O–H groups in total. The molecule has 1 rings (SSSR count). The predicted octanol–water partition coefficient (Wildman–Crippen LogP) is 2.45. The van der Waals surface area contributed by atoms with Gasteiger partial charge >= 0.3 is 0 Å². The van der Waals surface area contributed by atoms with E-state index < -0.39 is 0 Å². The van der Waals surface area contributed by atoms with Crippen molar-refractivity contribution < 1.29 is 9.13 Å². The van der Waals surface area contributed by atoms with Crippen LogP contribution in [0.5, 0.6) is 5.75 Å². The van der Waals surface area contributed by atoms with Gasteiger partial charge in [-0.15, -0.1) is 0 Å². The van der Waals surface area contributed by atoms with Crippen molar-refractivity contribution in [1.29, 1.82) is 0 Å². The molecule has 0 aliphatic heterocycles. The Kier molecular flexibility index (Phi) is 5.12. The van der Waals surface area contributed by atoms with Gasteiger partial charge in [-0.25, -0.2) is 4.39 Å². The van der Waals surface area contributed by atoms with Crippen molar-refractivity contribution in [2.45, 2.75) is 13.8 Å². The van der Waals surface area contributed by atoms with E-state index in [1.807, 2.05) is 0 Å². The second-order valence-electron chi connectivity index (χ2n) is 3.88. The molecular weight excluding hydrogens is 193 g/mol. The zero-order valence-corrected chi connectivity index (χ0v) is 9.29. The molecule has 0 aliphatic rings. The van der Waals surface area contributed by atoms with Crippen molar-refractivity contribution in [3.8, 4) is 5.75 Å². The monoisotopic (exact) mass is 211 g/mol. The SMILES string of the molecule is CC(C)CNCCOc1ccccc1F. The van der Waals surface area contributed by atoms with Gasteiger partial charge in [0.15, 0.2) is 11.6 Å². The molecule has 15 heavy (non-hydrogen) atoms. The minimum absolute atomic E-state index is 0.304. The summed E-state index contributed by atoms with van der Waals surface area (Å²) in [5.74, 6) is 0.642. The average Bonchev–Trinajstić information content (AvgIpc) is 2.20. The Morgan fingerprint density at radius 1 is 1.33 bits per heavy atom. The highest BCUT2D eigenvalue weighted by Crippen LogP contribution is 2.14. The van der Waals surface area contributed by atoms with Gasteiger partial charge in [-0.05, 0) is 24.6 Å².